The zero-order valence-corrected chi connectivity index (χ0v) is 16.8. The predicted octanol–water partition coefficient (Wildman–Crippen LogP) is 2.02. The predicted molar refractivity (Wildman–Crippen MR) is 99.9 cm³/mol. The summed E-state index contributed by atoms with van der Waals surface area (Å²) in [5.41, 5.74) is 0. The van der Waals surface area contributed by atoms with Gasteiger partial charge < -0.3 is 24.4 Å². The summed E-state index contributed by atoms with van der Waals surface area (Å²) in [6.45, 7) is 2.80. The van der Waals surface area contributed by atoms with E-state index in [1.165, 1.54) is 0 Å². The number of carbonyl (C=O) groups is 3. The third-order valence-corrected chi connectivity index (χ3v) is 5.40. The zero-order chi connectivity index (χ0) is 23.0. The molecule has 1 aromatic rings. The Balaban J connectivity index is 0.000000423. The number of aromatic nitrogens is 2. The van der Waals surface area contributed by atoms with Crippen molar-refractivity contribution in [2.45, 2.75) is 50.9 Å². The van der Waals surface area contributed by atoms with Gasteiger partial charge >= 0.3 is 18.1 Å². The van der Waals surface area contributed by atoms with Crippen LogP contribution in [0.3, 0.4) is 0 Å². The van der Waals surface area contributed by atoms with Crippen molar-refractivity contribution in [2.75, 3.05) is 19.7 Å². The summed E-state index contributed by atoms with van der Waals surface area (Å²) in [5.74, 6) is -2.80. The molecular weight excluding hydrogens is 423 g/mol. The van der Waals surface area contributed by atoms with E-state index in [2.05, 4.69) is 4.98 Å². The van der Waals surface area contributed by atoms with Gasteiger partial charge in [-0.05, 0) is 31.6 Å². The molecule has 2 aliphatic heterocycles. The molecule has 0 saturated carbocycles. The molecule has 0 radical (unpaired) electrons. The molecule has 2 aliphatic rings. The highest BCUT2D eigenvalue weighted by atomic mass is 19.4. The lowest BCUT2D eigenvalue weighted by Crippen LogP contribution is -2.46. The number of halogens is 3. The van der Waals surface area contributed by atoms with Gasteiger partial charge in [0.05, 0.1) is 6.33 Å². The van der Waals surface area contributed by atoms with Gasteiger partial charge in [-0.1, -0.05) is 0 Å². The summed E-state index contributed by atoms with van der Waals surface area (Å²) < 4.78 is 39.5. The van der Waals surface area contributed by atoms with E-state index in [1.54, 1.807) is 12.5 Å². The first-order valence-corrected chi connectivity index (χ1v) is 9.96. The van der Waals surface area contributed by atoms with Crippen LogP contribution < -0.4 is 0 Å². The third kappa shape index (κ3) is 7.85. The van der Waals surface area contributed by atoms with Crippen molar-refractivity contribution in [3.8, 4) is 0 Å². The summed E-state index contributed by atoms with van der Waals surface area (Å²) in [7, 11) is 0. The minimum Gasteiger partial charge on any atom is -0.481 e. The number of carboxylic acid groups (broad SMARTS) is 2. The van der Waals surface area contributed by atoms with E-state index in [9.17, 15) is 22.8 Å². The number of carboxylic acids is 2. The quantitative estimate of drug-likeness (QED) is 0.681. The van der Waals surface area contributed by atoms with Gasteiger partial charge in [0.25, 0.3) is 5.91 Å². The molecule has 0 aromatic carbocycles. The molecular formula is C19H26F3N3O6. The molecule has 2 atom stereocenters. The molecule has 3 heterocycles. The van der Waals surface area contributed by atoms with E-state index in [-0.39, 0.29) is 24.3 Å². The molecule has 0 spiro atoms. The molecule has 12 heteroatoms. The number of aliphatic carboxylic acids is 2. The molecule has 2 saturated heterocycles. The highest BCUT2D eigenvalue weighted by molar-refractivity contribution is 5.81. The van der Waals surface area contributed by atoms with E-state index in [1.807, 2.05) is 15.7 Å². The Kier molecular flexibility index (Phi) is 8.84. The number of amides is 1. The van der Waals surface area contributed by atoms with Crippen molar-refractivity contribution in [1.82, 2.24) is 14.5 Å². The fourth-order valence-corrected chi connectivity index (χ4v) is 3.71. The zero-order valence-electron chi connectivity index (χ0n) is 16.8. The average molecular weight is 449 g/mol. The second-order valence-electron chi connectivity index (χ2n) is 7.60. The van der Waals surface area contributed by atoms with Crippen LogP contribution in [0, 0.1) is 11.8 Å². The Morgan fingerprint density at radius 1 is 1.13 bits per heavy atom. The number of rotatable bonds is 6. The van der Waals surface area contributed by atoms with E-state index in [0.717, 1.165) is 25.8 Å². The van der Waals surface area contributed by atoms with Crippen molar-refractivity contribution >= 4 is 17.8 Å². The van der Waals surface area contributed by atoms with Crippen molar-refractivity contribution in [3.05, 3.63) is 18.7 Å². The largest absolute Gasteiger partial charge is 0.490 e. The van der Waals surface area contributed by atoms with Crippen LogP contribution in [-0.2, 0) is 25.7 Å². The van der Waals surface area contributed by atoms with Gasteiger partial charge in [-0.2, -0.15) is 13.2 Å². The number of carbonyl (C=O) groups excluding carboxylic acids is 1. The van der Waals surface area contributed by atoms with Crippen LogP contribution in [0.25, 0.3) is 0 Å². The highest BCUT2D eigenvalue weighted by Gasteiger charge is 2.39. The lowest BCUT2D eigenvalue weighted by Gasteiger charge is -2.34. The van der Waals surface area contributed by atoms with Crippen LogP contribution in [0.5, 0.6) is 0 Å². The first-order chi connectivity index (χ1) is 14.6. The molecule has 2 N–H and O–H groups in total. The Labute approximate surface area is 176 Å². The van der Waals surface area contributed by atoms with Crippen LogP contribution >= 0.6 is 0 Å². The topological polar surface area (TPSA) is 122 Å². The van der Waals surface area contributed by atoms with E-state index >= 15 is 0 Å². The third-order valence-electron chi connectivity index (χ3n) is 5.40. The standard InChI is InChI=1S/C17H25N3O4.C2HF3O2/c21-15(22)2-1-13-3-7-20(8-4-13)17(23)16-14(5-10-24-16)11-19-9-6-18-12-19;3-2(4,5)1(6)7/h6,9,12-14,16H,1-5,7-8,10-11H2,(H,21,22);(H,6,7)/t14-,16-;/m1./s1. The minimum atomic E-state index is -5.08. The molecule has 0 aliphatic carbocycles. The first kappa shape index (κ1) is 24.6. The van der Waals surface area contributed by atoms with Crippen molar-refractivity contribution in [1.29, 1.82) is 0 Å². The Hall–Kier alpha value is -2.63. The van der Waals surface area contributed by atoms with Crippen LogP contribution in [0.1, 0.15) is 32.1 Å². The summed E-state index contributed by atoms with van der Waals surface area (Å²) in [4.78, 5) is 38.3. The lowest BCUT2D eigenvalue weighted by molar-refractivity contribution is -0.192. The van der Waals surface area contributed by atoms with Crippen molar-refractivity contribution < 1.29 is 42.5 Å². The summed E-state index contributed by atoms with van der Waals surface area (Å²) in [6, 6.07) is 0. The molecule has 0 bridgehead atoms. The molecule has 31 heavy (non-hydrogen) atoms. The van der Waals surface area contributed by atoms with Gasteiger partial charge in [0, 0.05) is 51.0 Å². The summed E-state index contributed by atoms with van der Waals surface area (Å²) in [6.07, 6.45) is 3.58. The molecule has 1 amide bonds. The van der Waals surface area contributed by atoms with E-state index in [0.29, 0.717) is 32.0 Å². The SMILES string of the molecule is O=C(O)C(F)(F)F.O=C(O)CCC1CCN(C(=O)[C@@H]2OCC[C@@H]2Cn2ccnc2)CC1. The Morgan fingerprint density at radius 2 is 1.77 bits per heavy atom. The molecule has 174 valence electrons. The Morgan fingerprint density at radius 3 is 2.29 bits per heavy atom. The fourth-order valence-electron chi connectivity index (χ4n) is 3.71. The maximum atomic E-state index is 12.8. The first-order valence-electron chi connectivity index (χ1n) is 9.96. The number of imidazole rings is 1. The maximum absolute atomic E-state index is 12.8. The summed E-state index contributed by atoms with van der Waals surface area (Å²) in [5, 5.41) is 15.9. The second-order valence-corrected chi connectivity index (χ2v) is 7.60. The number of hydrogen-bond donors (Lipinski definition) is 2. The number of nitrogens with zero attached hydrogens (tertiary/aromatic N) is 3. The van der Waals surface area contributed by atoms with Crippen LogP contribution in [0.2, 0.25) is 0 Å². The highest BCUT2D eigenvalue weighted by Crippen LogP contribution is 2.28. The molecule has 3 rings (SSSR count). The number of alkyl halides is 3. The minimum absolute atomic E-state index is 0.0919. The monoisotopic (exact) mass is 449 g/mol. The molecule has 1 aromatic heterocycles. The Bertz CT molecular complexity index is 733. The summed E-state index contributed by atoms with van der Waals surface area (Å²) >= 11 is 0. The number of piperidine rings is 1. The van der Waals surface area contributed by atoms with Gasteiger partial charge in [-0.3, -0.25) is 9.59 Å². The van der Waals surface area contributed by atoms with E-state index in [4.69, 9.17) is 19.7 Å². The van der Waals surface area contributed by atoms with Gasteiger partial charge in [0.15, 0.2) is 0 Å². The van der Waals surface area contributed by atoms with Crippen LogP contribution in [0.15, 0.2) is 18.7 Å². The van der Waals surface area contributed by atoms with E-state index < -0.39 is 18.1 Å². The number of likely N-dealkylation sites (tertiary alicyclic amines) is 1. The van der Waals surface area contributed by atoms with Crippen LogP contribution in [-0.4, -0.2) is 74.5 Å². The van der Waals surface area contributed by atoms with Crippen molar-refractivity contribution in [2.24, 2.45) is 11.8 Å². The van der Waals surface area contributed by atoms with Gasteiger partial charge in [-0.15, -0.1) is 0 Å². The number of ether oxygens (including phenoxy) is 1. The van der Waals surface area contributed by atoms with Crippen LogP contribution in [0.4, 0.5) is 13.2 Å². The average Bonchev–Trinajstić information content (AvgIpc) is 3.38. The molecule has 2 fully saturated rings. The smallest absolute Gasteiger partial charge is 0.481 e. The lowest BCUT2D eigenvalue weighted by atomic mass is 9.91. The van der Waals surface area contributed by atoms with Gasteiger partial charge in [0.1, 0.15) is 6.10 Å². The fraction of sp³-hybridized carbons (Fsp3) is 0.684. The second kappa shape index (κ2) is 11.1. The van der Waals surface area contributed by atoms with Gasteiger partial charge in [0.2, 0.25) is 0 Å². The molecule has 9 nitrogen and oxygen atoms in total. The maximum Gasteiger partial charge on any atom is 0.490 e. The van der Waals surface area contributed by atoms with Crippen molar-refractivity contribution in [3.63, 3.8) is 0 Å². The normalized spacial score (nSPS) is 22.0. The number of hydrogen-bond acceptors (Lipinski definition) is 5. The van der Waals surface area contributed by atoms with Gasteiger partial charge in [-0.25, -0.2) is 9.78 Å². The molecule has 0 unspecified atom stereocenters.